The Morgan fingerprint density at radius 2 is 1.76 bits per heavy atom. The van der Waals surface area contributed by atoms with Crippen LogP contribution in [0.2, 0.25) is 0 Å². The monoisotopic (exact) mass is 243 g/mol. The molecule has 1 saturated heterocycles. The number of hydrogen-bond donors (Lipinski definition) is 1. The van der Waals surface area contributed by atoms with Crippen LogP contribution >= 0.6 is 0 Å². The van der Waals surface area contributed by atoms with Crippen LogP contribution in [0, 0.1) is 5.92 Å². The summed E-state index contributed by atoms with van der Waals surface area (Å²) in [5.41, 5.74) is -0.454. The van der Waals surface area contributed by atoms with E-state index in [0.29, 0.717) is 5.92 Å². The van der Waals surface area contributed by atoms with Crippen molar-refractivity contribution in [2.75, 3.05) is 6.61 Å². The van der Waals surface area contributed by atoms with E-state index in [-0.39, 0.29) is 24.8 Å². The first kappa shape index (κ1) is 14.3. The van der Waals surface area contributed by atoms with Gasteiger partial charge in [0.05, 0.1) is 0 Å². The third-order valence-electron chi connectivity index (χ3n) is 3.16. The molecule has 0 aliphatic carbocycles. The molecule has 100 valence electrons. The summed E-state index contributed by atoms with van der Waals surface area (Å²) in [4.78, 5) is 13.9. The normalized spacial score (nSPS) is 30.2. The Balaban J connectivity index is 2.67. The number of rotatable bonds is 1. The molecule has 0 spiro atoms. The second-order valence-corrected chi connectivity index (χ2v) is 6.11. The summed E-state index contributed by atoms with van der Waals surface area (Å²) in [7, 11) is 0. The number of aliphatic hydroxyl groups is 1. The van der Waals surface area contributed by atoms with Crippen molar-refractivity contribution >= 4 is 6.09 Å². The molecule has 1 aliphatic rings. The maximum absolute atomic E-state index is 12.1. The molecule has 0 aromatic carbocycles. The molecule has 17 heavy (non-hydrogen) atoms. The fourth-order valence-corrected chi connectivity index (χ4v) is 2.55. The minimum absolute atomic E-state index is 0.130. The fourth-order valence-electron chi connectivity index (χ4n) is 2.55. The van der Waals surface area contributed by atoms with Crippen molar-refractivity contribution in [1.29, 1.82) is 0 Å². The molecule has 0 bridgehead atoms. The molecule has 1 N–H and O–H groups in total. The van der Waals surface area contributed by atoms with Gasteiger partial charge in [-0.25, -0.2) is 4.79 Å². The van der Waals surface area contributed by atoms with Crippen molar-refractivity contribution in [3.8, 4) is 0 Å². The molecule has 4 heteroatoms. The van der Waals surface area contributed by atoms with E-state index in [2.05, 4.69) is 0 Å². The lowest BCUT2D eigenvalue weighted by atomic mass is 9.88. The molecular weight excluding hydrogens is 218 g/mol. The van der Waals surface area contributed by atoms with E-state index >= 15 is 0 Å². The molecule has 0 aromatic rings. The SMILES string of the molecule is CC1CC(CO)CC(C)N1C(=O)OC(C)(C)C. The van der Waals surface area contributed by atoms with Crippen LogP contribution in [0.1, 0.15) is 47.5 Å². The van der Waals surface area contributed by atoms with Gasteiger partial charge >= 0.3 is 6.09 Å². The van der Waals surface area contributed by atoms with E-state index < -0.39 is 5.60 Å². The Labute approximate surface area is 104 Å². The average molecular weight is 243 g/mol. The van der Waals surface area contributed by atoms with Crippen LogP contribution in [0.5, 0.6) is 0 Å². The van der Waals surface area contributed by atoms with Crippen LogP contribution in [0.3, 0.4) is 0 Å². The number of aliphatic hydroxyl groups excluding tert-OH is 1. The summed E-state index contributed by atoms with van der Waals surface area (Å²) in [6, 6.07) is 0.261. The zero-order valence-corrected chi connectivity index (χ0v) is 11.6. The van der Waals surface area contributed by atoms with Crippen LogP contribution in [0.15, 0.2) is 0 Å². The van der Waals surface area contributed by atoms with E-state index in [1.165, 1.54) is 0 Å². The minimum atomic E-state index is -0.454. The Morgan fingerprint density at radius 1 is 1.29 bits per heavy atom. The minimum Gasteiger partial charge on any atom is -0.444 e. The first-order valence-electron chi connectivity index (χ1n) is 6.36. The largest absolute Gasteiger partial charge is 0.444 e. The van der Waals surface area contributed by atoms with Gasteiger partial charge < -0.3 is 14.7 Å². The molecule has 0 saturated carbocycles. The summed E-state index contributed by atoms with van der Waals surface area (Å²) < 4.78 is 5.41. The molecular formula is C13H25NO3. The number of piperidine rings is 1. The Kier molecular flexibility index (Phi) is 4.42. The van der Waals surface area contributed by atoms with Crippen LogP contribution < -0.4 is 0 Å². The lowest BCUT2D eigenvalue weighted by Crippen LogP contribution is -2.51. The highest BCUT2D eigenvalue weighted by molar-refractivity contribution is 5.69. The molecule has 4 nitrogen and oxygen atoms in total. The number of likely N-dealkylation sites (tertiary alicyclic amines) is 1. The van der Waals surface area contributed by atoms with Gasteiger partial charge in [-0.05, 0) is 53.4 Å². The Hall–Kier alpha value is -0.770. The number of hydrogen-bond acceptors (Lipinski definition) is 3. The molecule has 1 fully saturated rings. The standard InChI is InChI=1S/C13H25NO3/c1-9-6-11(8-15)7-10(2)14(9)12(16)17-13(3,4)5/h9-11,15H,6-8H2,1-5H3. The van der Waals surface area contributed by atoms with Crippen molar-refractivity contribution in [2.45, 2.75) is 65.1 Å². The second-order valence-electron chi connectivity index (χ2n) is 6.11. The van der Waals surface area contributed by atoms with Crippen molar-refractivity contribution in [2.24, 2.45) is 5.92 Å². The molecule has 1 amide bonds. The number of carbonyl (C=O) groups excluding carboxylic acids is 1. The smallest absolute Gasteiger partial charge is 0.410 e. The molecule has 0 aromatic heterocycles. The summed E-state index contributed by atoms with van der Waals surface area (Å²) in [5, 5.41) is 9.20. The third-order valence-corrected chi connectivity index (χ3v) is 3.16. The van der Waals surface area contributed by atoms with Crippen molar-refractivity contribution in [3.63, 3.8) is 0 Å². The van der Waals surface area contributed by atoms with E-state index in [9.17, 15) is 9.90 Å². The van der Waals surface area contributed by atoms with Gasteiger partial charge in [-0.15, -0.1) is 0 Å². The van der Waals surface area contributed by atoms with Gasteiger partial charge in [0, 0.05) is 18.7 Å². The number of ether oxygens (including phenoxy) is 1. The van der Waals surface area contributed by atoms with E-state index in [0.717, 1.165) is 12.8 Å². The fraction of sp³-hybridized carbons (Fsp3) is 0.923. The lowest BCUT2D eigenvalue weighted by Gasteiger charge is -2.42. The molecule has 2 atom stereocenters. The number of nitrogens with zero attached hydrogens (tertiary/aromatic N) is 1. The predicted molar refractivity (Wildman–Crippen MR) is 66.8 cm³/mol. The quantitative estimate of drug-likeness (QED) is 0.769. The van der Waals surface area contributed by atoms with Gasteiger partial charge in [0.2, 0.25) is 0 Å². The average Bonchev–Trinajstić information content (AvgIpc) is 2.13. The van der Waals surface area contributed by atoms with Crippen LogP contribution in [0.25, 0.3) is 0 Å². The van der Waals surface area contributed by atoms with E-state index in [1.807, 2.05) is 34.6 Å². The van der Waals surface area contributed by atoms with Crippen molar-refractivity contribution in [1.82, 2.24) is 4.90 Å². The number of amides is 1. The highest BCUT2D eigenvalue weighted by atomic mass is 16.6. The van der Waals surface area contributed by atoms with E-state index in [4.69, 9.17) is 4.74 Å². The maximum atomic E-state index is 12.1. The van der Waals surface area contributed by atoms with Gasteiger partial charge in [0.1, 0.15) is 5.60 Å². The summed E-state index contributed by atoms with van der Waals surface area (Å²) in [5.74, 6) is 0.304. The zero-order chi connectivity index (χ0) is 13.2. The maximum Gasteiger partial charge on any atom is 0.410 e. The first-order chi connectivity index (χ1) is 7.74. The first-order valence-corrected chi connectivity index (χ1v) is 6.36. The summed E-state index contributed by atoms with van der Waals surface area (Å²) >= 11 is 0. The van der Waals surface area contributed by atoms with Crippen molar-refractivity contribution in [3.05, 3.63) is 0 Å². The molecule has 0 radical (unpaired) electrons. The van der Waals surface area contributed by atoms with Crippen LogP contribution in [-0.4, -0.2) is 40.4 Å². The zero-order valence-electron chi connectivity index (χ0n) is 11.6. The lowest BCUT2D eigenvalue weighted by molar-refractivity contribution is -0.0119. The van der Waals surface area contributed by atoms with Gasteiger partial charge in [-0.2, -0.15) is 0 Å². The Bertz CT molecular complexity index is 260. The third kappa shape index (κ3) is 3.87. The van der Waals surface area contributed by atoms with Gasteiger partial charge in [-0.3, -0.25) is 0 Å². The molecule has 1 rings (SSSR count). The summed E-state index contributed by atoms with van der Waals surface area (Å²) in [6.45, 7) is 9.86. The van der Waals surface area contributed by atoms with E-state index in [1.54, 1.807) is 4.90 Å². The second kappa shape index (κ2) is 5.25. The van der Waals surface area contributed by atoms with Gasteiger partial charge in [0.25, 0.3) is 0 Å². The molecule has 2 unspecified atom stereocenters. The van der Waals surface area contributed by atoms with Crippen molar-refractivity contribution < 1.29 is 14.6 Å². The molecule has 1 aliphatic heterocycles. The van der Waals surface area contributed by atoms with Gasteiger partial charge in [-0.1, -0.05) is 0 Å². The van der Waals surface area contributed by atoms with Crippen LogP contribution in [-0.2, 0) is 4.74 Å². The molecule has 1 heterocycles. The number of carbonyl (C=O) groups is 1. The topological polar surface area (TPSA) is 49.8 Å². The highest BCUT2D eigenvalue weighted by Crippen LogP contribution is 2.28. The Morgan fingerprint density at radius 3 is 2.12 bits per heavy atom. The highest BCUT2D eigenvalue weighted by Gasteiger charge is 2.35. The predicted octanol–water partition coefficient (Wildman–Crippen LogP) is 2.40. The van der Waals surface area contributed by atoms with Gasteiger partial charge in [0.15, 0.2) is 0 Å². The van der Waals surface area contributed by atoms with Crippen LogP contribution in [0.4, 0.5) is 4.79 Å². The summed E-state index contributed by atoms with van der Waals surface area (Å²) in [6.07, 6.45) is 1.45.